The maximum absolute atomic E-state index is 11.9. The van der Waals surface area contributed by atoms with E-state index in [1.807, 2.05) is 39.8 Å². The number of hydrogen-bond acceptors (Lipinski definition) is 6. The molecule has 0 unspecified atom stereocenters. The molecule has 12 heteroatoms. The molecule has 0 saturated carbocycles. The average Bonchev–Trinajstić information content (AvgIpc) is 3.71. The molecular formula is C38H50N6O6. The highest BCUT2D eigenvalue weighted by atomic mass is 16.4. The number of aliphatic hydroxyl groups excluding tert-OH is 2. The number of fused-ring (bicyclic) bond motifs is 8. The Hall–Kier alpha value is -4.62. The van der Waals surface area contributed by atoms with E-state index in [-0.39, 0.29) is 26.1 Å². The molecule has 0 atom stereocenters. The van der Waals surface area contributed by atoms with Gasteiger partial charge in [0.15, 0.2) is 0 Å². The Kier molecular flexibility index (Phi) is 11.7. The van der Waals surface area contributed by atoms with Crippen molar-refractivity contribution in [2.75, 3.05) is 32.8 Å². The summed E-state index contributed by atoms with van der Waals surface area (Å²) in [6.07, 6.45) is 9.64. The number of aliphatic hydroxyl groups is 2. The third-order valence-electron chi connectivity index (χ3n) is 9.96. The van der Waals surface area contributed by atoms with Gasteiger partial charge in [-0.15, -0.1) is 0 Å². The monoisotopic (exact) mass is 686 g/mol. The number of carboxylic acid groups (broad SMARTS) is 2. The Morgan fingerprint density at radius 2 is 1.18 bits per heavy atom. The molecule has 12 nitrogen and oxygen atoms in total. The predicted octanol–water partition coefficient (Wildman–Crippen LogP) is -0.0130. The number of nitrogens with zero attached hydrogens (tertiary/aromatic N) is 1. The van der Waals surface area contributed by atoms with Gasteiger partial charge in [0.1, 0.15) is 0 Å². The van der Waals surface area contributed by atoms with Crippen molar-refractivity contribution in [2.45, 2.75) is 72.8 Å². The van der Waals surface area contributed by atoms with Crippen molar-refractivity contribution in [1.29, 1.82) is 0 Å². The van der Waals surface area contributed by atoms with Gasteiger partial charge in [0, 0.05) is 96.4 Å². The van der Waals surface area contributed by atoms with E-state index in [1.54, 1.807) is 0 Å². The van der Waals surface area contributed by atoms with Crippen molar-refractivity contribution in [1.82, 2.24) is 24.8 Å². The summed E-state index contributed by atoms with van der Waals surface area (Å²) in [5, 5.41) is 46.2. The molecule has 5 heterocycles. The quantitative estimate of drug-likeness (QED) is 0.0684. The standard InChI is InChI=1S/C38H50N6O6/c1-21-25(5-7-37(47)48)34-20-36-28(6-8-38(49)50)24(4)35(44(36)14-13-40-12-11-39)19-33-27(10-16-46)23(3)31(43-33)18-32-26(9-15-45)22(2)30(41-32)17-29(21)42-34/h17-20,40-43,45-46H,5-16,39H2,1-4H3,(H,47,48)(H,49,50). The maximum Gasteiger partial charge on any atom is 0.303 e. The number of rotatable bonds is 15. The van der Waals surface area contributed by atoms with E-state index in [0.29, 0.717) is 51.9 Å². The van der Waals surface area contributed by atoms with Crippen LogP contribution in [-0.2, 0) is 41.8 Å². The summed E-state index contributed by atoms with van der Waals surface area (Å²) in [6, 6.07) is 0. The summed E-state index contributed by atoms with van der Waals surface area (Å²) in [5.74, 6) is -1.78. The number of aromatic nitrogens is 4. The van der Waals surface area contributed by atoms with E-state index >= 15 is 0 Å². The number of aliphatic carboxylic acids is 2. The number of hydrogen-bond donors (Lipinski definition) is 9. The number of carboxylic acids is 2. The van der Waals surface area contributed by atoms with Crippen LogP contribution in [0.4, 0.5) is 0 Å². The Bertz CT molecular complexity index is 2140. The van der Waals surface area contributed by atoms with Crippen LogP contribution < -0.4 is 32.4 Å². The molecule has 0 aromatic carbocycles. The lowest BCUT2D eigenvalue weighted by molar-refractivity contribution is -0.138. The zero-order valence-electron chi connectivity index (χ0n) is 29.4. The molecule has 5 rings (SSSR count). The van der Waals surface area contributed by atoms with Crippen LogP contribution in [0.2, 0.25) is 0 Å². The fourth-order valence-corrected chi connectivity index (χ4v) is 7.22. The van der Waals surface area contributed by atoms with E-state index in [2.05, 4.69) is 37.0 Å². The summed E-state index contributed by atoms with van der Waals surface area (Å²) in [6.45, 7) is 10.3. The summed E-state index contributed by atoms with van der Waals surface area (Å²) >= 11 is 0. The Morgan fingerprint density at radius 3 is 1.76 bits per heavy atom. The van der Waals surface area contributed by atoms with Crippen LogP contribution in [0.3, 0.4) is 0 Å². The molecule has 50 heavy (non-hydrogen) atoms. The molecule has 1 aliphatic heterocycles. The van der Waals surface area contributed by atoms with Gasteiger partial charge < -0.3 is 51.0 Å². The number of nitrogens with one attached hydrogen (secondary N) is 4. The van der Waals surface area contributed by atoms with Crippen LogP contribution in [-0.4, -0.2) is 84.7 Å². The Morgan fingerprint density at radius 1 is 0.640 bits per heavy atom. The van der Waals surface area contributed by atoms with E-state index in [0.717, 1.165) is 88.7 Å². The zero-order chi connectivity index (χ0) is 36.1. The molecule has 4 aromatic heterocycles. The van der Waals surface area contributed by atoms with Gasteiger partial charge >= 0.3 is 11.9 Å². The number of aromatic amines is 3. The van der Waals surface area contributed by atoms with Gasteiger partial charge in [-0.1, -0.05) is 0 Å². The zero-order valence-corrected chi connectivity index (χ0v) is 29.4. The molecule has 0 fully saturated rings. The van der Waals surface area contributed by atoms with Crippen molar-refractivity contribution < 1.29 is 30.0 Å². The van der Waals surface area contributed by atoms with Gasteiger partial charge in [-0.25, -0.2) is 0 Å². The van der Waals surface area contributed by atoms with E-state index < -0.39 is 11.9 Å². The lowest BCUT2D eigenvalue weighted by Crippen LogP contribution is -2.27. The van der Waals surface area contributed by atoms with Crippen LogP contribution in [0.25, 0.3) is 24.3 Å². The van der Waals surface area contributed by atoms with Gasteiger partial charge in [-0.3, -0.25) is 9.59 Å². The average molecular weight is 687 g/mol. The lowest BCUT2D eigenvalue weighted by atomic mass is 10.0. The molecule has 0 aliphatic carbocycles. The first-order chi connectivity index (χ1) is 24.0. The lowest BCUT2D eigenvalue weighted by Gasteiger charge is -2.12. The molecule has 268 valence electrons. The molecule has 0 spiro atoms. The van der Waals surface area contributed by atoms with E-state index in [9.17, 15) is 30.0 Å². The first-order valence-electron chi connectivity index (χ1n) is 17.3. The first-order valence-corrected chi connectivity index (χ1v) is 17.3. The molecular weight excluding hydrogens is 636 g/mol. The fraction of sp³-hybridized carbons (Fsp3) is 0.421. The highest BCUT2D eigenvalue weighted by molar-refractivity contribution is 5.70. The molecule has 1 aliphatic rings. The molecule has 0 radical (unpaired) electrons. The topological polar surface area (TPSA) is 205 Å². The van der Waals surface area contributed by atoms with Crippen molar-refractivity contribution in [3.05, 3.63) is 88.7 Å². The summed E-state index contributed by atoms with van der Waals surface area (Å²) in [7, 11) is 0. The second-order valence-corrected chi connectivity index (χ2v) is 13.0. The minimum Gasteiger partial charge on any atom is -0.481 e. The molecule has 8 bridgehead atoms. The highest BCUT2D eigenvalue weighted by Crippen LogP contribution is 2.27. The Labute approximate surface area is 290 Å². The predicted molar refractivity (Wildman–Crippen MR) is 194 cm³/mol. The summed E-state index contributed by atoms with van der Waals surface area (Å²) < 4.78 is 2.20. The van der Waals surface area contributed by atoms with Gasteiger partial charge in [0.05, 0.1) is 0 Å². The smallest absolute Gasteiger partial charge is 0.303 e. The van der Waals surface area contributed by atoms with Crippen LogP contribution >= 0.6 is 0 Å². The Balaban J connectivity index is 1.96. The second-order valence-electron chi connectivity index (χ2n) is 13.0. The minimum atomic E-state index is -0.891. The summed E-state index contributed by atoms with van der Waals surface area (Å²) in [5.41, 5.74) is 16.9. The number of carbonyl (C=O) groups is 2. The van der Waals surface area contributed by atoms with E-state index in [4.69, 9.17) is 5.73 Å². The second kappa shape index (κ2) is 15.9. The fourth-order valence-electron chi connectivity index (χ4n) is 7.22. The maximum atomic E-state index is 11.9. The highest BCUT2D eigenvalue weighted by Gasteiger charge is 2.21. The van der Waals surface area contributed by atoms with Crippen LogP contribution in [0.5, 0.6) is 0 Å². The van der Waals surface area contributed by atoms with Crippen molar-refractivity contribution in [3.8, 4) is 0 Å². The normalized spacial score (nSPS) is 12.3. The van der Waals surface area contributed by atoms with Crippen LogP contribution in [0.1, 0.15) is 80.1 Å². The third-order valence-corrected chi connectivity index (χ3v) is 9.96. The van der Waals surface area contributed by atoms with Crippen molar-refractivity contribution in [2.24, 2.45) is 5.73 Å². The number of H-pyrrole nitrogens is 3. The largest absolute Gasteiger partial charge is 0.481 e. The van der Waals surface area contributed by atoms with Crippen molar-refractivity contribution >= 4 is 36.2 Å². The third kappa shape index (κ3) is 7.58. The molecule has 0 amide bonds. The molecule has 4 aromatic rings. The van der Waals surface area contributed by atoms with Gasteiger partial charge in [0.25, 0.3) is 0 Å². The van der Waals surface area contributed by atoms with Crippen LogP contribution in [0.15, 0.2) is 0 Å². The van der Waals surface area contributed by atoms with Crippen LogP contribution in [0, 0.1) is 27.7 Å². The van der Waals surface area contributed by atoms with Gasteiger partial charge in [-0.05, 0) is 122 Å². The SMILES string of the molecule is Cc1c2[nH]c(c1CCO)C=c1[nH]c(c(CCO)c1C)=Cc1c(C)c(CCC(=O)O)c(n1CCNCCN)C=c1[nH]c(c(C)c1CCC(=O)O)=C2. The molecule has 10 N–H and O–H groups in total. The van der Waals surface area contributed by atoms with E-state index in [1.165, 1.54) is 0 Å². The molecule has 0 saturated heterocycles. The van der Waals surface area contributed by atoms with Crippen molar-refractivity contribution in [3.63, 3.8) is 0 Å². The number of nitrogens with two attached hydrogens (primary N) is 1. The minimum absolute atomic E-state index is 0.0137. The van der Waals surface area contributed by atoms with Gasteiger partial charge in [0.2, 0.25) is 0 Å². The summed E-state index contributed by atoms with van der Waals surface area (Å²) in [4.78, 5) is 34.5. The first kappa shape index (κ1) is 36.7. The van der Waals surface area contributed by atoms with Gasteiger partial charge in [-0.2, -0.15) is 0 Å².